The first-order valence-electron chi connectivity index (χ1n) is 8.75. The van der Waals surface area contributed by atoms with E-state index in [1.807, 2.05) is 24.3 Å². The maximum Gasteiger partial charge on any atom is 0.214 e. The van der Waals surface area contributed by atoms with E-state index in [1.165, 1.54) is 5.56 Å². The summed E-state index contributed by atoms with van der Waals surface area (Å²) in [6, 6.07) is 9.94. The van der Waals surface area contributed by atoms with Crippen molar-refractivity contribution in [2.75, 3.05) is 12.4 Å². The van der Waals surface area contributed by atoms with Crippen LogP contribution in [-0.2, 0) is 29.4 Å². The van der Waals surface area contributed by atoms with Gasteiger partial charge in [-0.05, 0) is 48.1 Å². The van der Waals surface area contributed by atoms with E-state index >= 15 is 0 Å². The van der Waals surface area contributed by atoms with Crippen LogP contribution in [0.4, 0.5) is 0 Å². The van der Waals surface area contributed by atoms with Gasteiger partial charge in [0.2, 0.25) is 10.0 Å². The molecule has 1 aliphatic heterocycles. The number of rotatable bonds is 7. The Balaban J connectivity index is 1.45. The van der Waals surface area contributed by atoms with Crippen molar-refractivity contribution in [3.05, 3.63) is 59.4 Å². The van der Waals surface area contributed by atoms with E-state index in [9.17, 15) is 8.42 Å². The first kappa shape index (κ1) is 16.5. The molecule has 1 aromatic carbocycles. The van der Waals surface area contributed by atoms with E-state index in [0.717, 1.165) is 42.7 Å². The van der Waals surface area contributed by atoms with Gasteiger partial charge in [0.05, 0.1) is 12.4 Å². The number of nitrogens with zero attached hydrogens (tertiary/aromatic N) is 2. The second-order valence-corrected chi connectivity index (χ2v) is 8.79. The summed E-state index contributed by atoms with van der Waals surface area (Å²) >= 11 is 0. The minimum absolute atomic E-state index is 0.142. The van der Waals surface area contributed by atoms with Crippen molar-refractivity contribution in [1.29, 1.82) is 0 Å². The molecular weight excluding hydrogens is 336 g/mol. The molecule has 5 nitrogen and oxygen atoms in total. The van der Waals surface area contributed by atoms with Crippen LogP contribution < -0.4 is 4.74 Å². The molecule has 2 aliphatic rings. The molecule has 132 valence electrons. The van der Waals surface area contributed by atoms with Crippen LogP contribution >= 0.6 is 0 Å². The third kappa shape index (κ3) is 3.85. The standard InChI is InChI=1S/C19H22N2O3S/c22-25(23,11-8-15-3-6-19-17(12-15)7-10-24-19)21(18-4-5-18)14-16-2-1-9-20-13-16/h1-3,6,9,12-13,18H,4-5,7-8,10-11,14H2. The fraction of sp³-hybridized carbons (Fsp3) is 0.421. The van der Waals surface area contributed by atoms with Crippen LogP contribution in [0.15, 0.2) is 42.7 Å². The first-order chi connectivity index (χ1) is 12.1. The molecule has 25 heavy (non-hydrogen) atoms. The minimum Gasteiger partial charge on any atom is -0.493 e. The zero-order chi connectivity index (χ0) is 17.3. The molecule has 2 aromatic rings. The summed E-state index contributed by atoms with van der Waals surface area (Å²) in [4.78, 5) is 4.09. The van der Waals surface area contributed by atoms with Crippen LogP contribution in [-0.4, -0.2) is 36.1 Å². The van der Waals surface area contributed by atoms with E-state index in [1.54, 1.807) is 16.7 Å². The molecule has 0 unspecified atom stereocenters. The van der Waals surface area contributed by atoms with Crippen LogP contribution in [0.2, 0.25) is 0 Å². The number of sulfonamides is 1. The number of aryl methyl sites for hydroxylation is 1. The molecule has 0 radical (unpaired) electrons. The summed E-state index contributed by atoms with van der Waals surface area (Å²) in [6.07, 6.45) is 6.80. The lowest BCUT2D eigenvalue weighted by atomic mass is 10.1. The molecular formula is C19H22N2O3S. The van der Waals surface area contributed by atoms with Crippen LogP contribution in [0.3, 0.4) is 0 Å². The Labute approximate surface area is 148 Å². The molecule has 1 aromatic heterocycles. The third-order valence-corrected chi connectivity index (χ3v) is 6.64. The predicted octanol–water partition coefficient (Wildman–Crippen LogP) is 2.55. The number of hydrogen-bond donors (Lipinski definition) is 0. The smallest absolute Gasteiger partial charge is 0.214 e. The minimum atomic E-state index is -3.30. The van der Waals surface area contributed by atoms with Crippen molar-refractivity contribution in [1.82, 2.24) is 9.29 Å². The van der Waals surface area contributed by atoms with E-state index in [2.05, 4.69) is 11.1 Å². The highest BCUT2D eigenvalue weighted by Crippen LogP contribution is 2.31. The lowest BCUT2D eigenvalue weighted by molar-refractivity contribution is 0.357. The molecule has 0 N–H and O–H groups in total. The van der Waals surface area contributed by atoms with Gasteiger partial charge in [-0.3, -0.25) is 4.98 Å². The van der Waals surface area contributed by atoms with E-state index in [-0.39, 0.29) is 11.8 Å². The highest BCUT2D eigenvalue weighted by molar-refractivity contribution is 7.89. The van der Waals surface area contributed by atoms with E-state index in [0.29, 0.717) is 13.0 Å². The molecule has 2 heterocycles. The van der Waals surface area contributed by atoms with E-state index < -0.39 is 10.0 Å². The predicted molar refractivity (Wildman–Crippen MR) is 95.9 cm³/mol. The molecule has 4 rings (SSSR count). The zero-order valence-corrected chi connectivity index (χ0v) is 14.9. The Hall–Kier alpha value is -1.92. The lowest BCUT2D eigenvalue weighted by Crippen LogP contribution is -2.35. The van der Waals surface area contributed by atoms with Crippen molar-refractivity contribution in [3.8, 4) is 5.75 Å². The van der Waals surface area contributed by atoms with Crippen molar-refractivity contribution in [3.63, 3.8) is 0 Å². The third-order valence-electron chi connectivity index (χ3n) is 4.78. The number of ether oxygens (including phenoxy) is 1. The molecule has 0 saturated heterocycles. The summed E-state index contributed by atoms with van der Waals surface area (Å²) in [6.45, 7) is 1.14. The number of fused-ring (bicyclic) bond motifs is 1. The Morgan fingerprint density at radius 3 is 2.84 bits per heavy atom. The average Bonchev–Trinajstić information content (AvgIpc) is 3.35. The molecule has 6 heteroatoms. The zero-order valence-electron chi connectivity index (χ0n) is 14.1. The lowest BCUT2D eigenvalue weighted by Gasteiger charge is -2.22. The topological polar surface area (TPSA) is 59.5 Å². The summed E-state index contributed by atoms with van der Waals surface area (Å²) in [5, 5.41) is 0. The summed E-state index contributed by atoms with van der Waals surface area (Å²) < 4.78 is 33.0. The number of hydrogen-bond acceptors (Lipinski definition) is 4. The van der Waals surface area contributed by atoms with Crippen molar-refractivity contribution in [2.24, 2.45) is 0 Å². The highest BCUT2D eigenvalue weighted by atomic mass is 32.2. The van der Waals surface area contributed by atoms with Gasteiger partial charge in [0.25, 0.3) is 0 Å². The Morgan fingerprint density at radius 2 is 2.08 bits per heavy atom. The molecule has 1 fully saturated rings. The van der Waals surface area contributed by atoms with Gasteiger partial charge in [0.1, 0.15) is 5.75 Å². The normalized spacial score (nSPS) is 16.7. The molecule has 0 amide bonds. The molecule has 1 saturated carbocycles. The number of benzene rings is 1. The SMILES string of the molecule is O=S(=O)(CCc1ccc2c(c1)CCO2)N(Cc1cccnc1)C1CC1. The molecule has 1 aliphatic carbocycles. The molecule has 0 atom stereocenters. The second kappa shape index (κ2) is 6.77. The largest absolute Gasteiger partial charge is 0.493 e. The van der Waals surface area contributed by atoms with Crippen LogP contribution in [0.1, 0.15) is 29.5 Å². The first-order valence-corrected chi connectivity index (χ1v) is 10.4. The van der Waals surface area contributed by atoms with Gasteiger partial charge in [-0.1, -0.05) is 18.2 Å². The summed E-state index contributed by atoms with van der Waals surface area (Å²) in [5.41, 5.74) is 3.18. The van der Waals surface area contributed by atoms with Crippen molar-refractivity contribution < 1.29 is 13.2 Å². The Kier molecular flexibility index (Phi) is 4.48. The van der Waals surface area contributed by atoms with Gasteiger partial charge in [0.15, 0.2) is 0 Å². The Bertz CT molecular complexity index is 848. The van der Waals surface area contributed by atoms with Crippen LogP contribution in [0.5, 0.6) is 5.75 Å². The second-order valence-electron chi connectivity index (χ2n) is 6.74. The van der Waals surface area contributed by atoms with Gasteiger partial charge in [-0.25, -0.2) is 8.42 Å². The van der Waals surface area contributed by atoms with Crippen molar-refractivity contribution >= 4 is 10.0 Å². The van der Waals surface area contributed by atoms with Gasteiger partial charge < -0.3 is 4.74 Å². The maximum atomic E-state index is 12.9. The van der Waals surface area contributed by atoms with Crippen molar-refractivity contribution in [2.45, 2.75) is 38.3 Å². The van der Waals surface area contributed by atoms with Gasteiger partial charge in [-0.15, -0.1) is 0 Å². The van der Waals surface area contributed by atoms with E-state index in [4.69, 9.17) is 4.74 Å². The molecule has 0 spiro atoms. The van der Waals surface area contributed by atoms with Gasteiger partial charge in [0, 0.05) is 31.4 Å². The summed E-state index contributed by atoms with van der Waals surface area (Å²) in [7, 11) is -3.30. The average molecular weight is 358 g/mol. The quantitative estimate of drug-likeness (QED) is 0.763. The molecule has 0 bridgehead atoms. The Morgan fingerprint density at radius 1 is 1.20 bits per heavy atom. The monoisotopic (exact) mass is 358 g/mol. The van der Waals surface area contributed by atoms with Crippen LogP contribution in [0.25, 0.3) is 0 Å². The number of pyridine rings is 1. The maximum absolute atomic E-state index is 12.9. The highest BCUT2D eigenvalue weighted by Gasteiger charge is 2.36. The number of aromatic nitrogens is 1. The van der Waals surface area contributed by atoms with Gasteiger partial charge >= 0.3 is 0 Å². The van der Waals surface area contributed by atoms with Gasteiger partial charge in [-0.2, -0.15) is 4.31 Å². The summed E-state index contributed by atoms with van der Waals surface area (Å²) in [5.74, 6) is 1.08. The fourth-order valence-electron chi connectivity index (χ4n) is 3.25. The fourth-order valence-corrected chi connectivity index (χ4v) is 4.99. The van der Waals surface area contributed by atoms with Crippen LogP contribution in [0, 0.1) is 0 Å².